The molecule has 1 aliphatic heterocycles. The van der Waals surface area contributed by atoms with Gasteiger partial charge in [-0.25, -0.2) is 9.78 Å². The second-order valence-corrected chi connectivity index (χ2v) is 11.2. The number of aromatic nitrogens is 2. The van der Waals surface area contributed by atoms with E-state index in [9.17, 15) is 14.7 Å². The summed E-state index contributed by atoms with van der Waals surface area (Å²) in [5, 5.41) is 12.9. The number of nitrogens with zero attached hydrogens (tertiary/aromatic N) is 2. The van der Waals surface area contributed by atoms with E-state index in [2.05, 4.69) is 10.3 Å². The molecule has 200 valence electrons. The molecule has 2 aliphatic rings. The van der Waals surface area contributed by atoms with Crippen molar-refractivity contribution in [2.24, 2.45) is 0 Å². The number of benzene rings is 2. The first-order chi connectivity index (χ1) is 18.2. The Bertz CT molecular complexity index is 1280. The highest BCUT2D eigenvalue weighted by Gasteiger charge is 2.35. The highest BCUT2D eigenvalue weighted by molar-refractivity contribution is 5.95. The molecule has 2 amide bonds. The number of hydrogen-bond acceptors (Lipinski definition) is 5. The lowest BCUT2D eigenvalue weighted by atomic mass is 10.0. The van der Waals surface area contributed by atoms with Gasteiger partial charge in [0.05, 0.1) is 23.9 Å². The van der Waals surface area contributed by atoms with Crippen LogP contribution in [0.3, 0.4) is 0 Å². The van der Waals surface area contributed by atoms with Crippen molar-refractivity contribution in [3.05, 3.63) is 66.1 Å². The molecule has 2 heterocycles. The summed E-state index contributed by atoms with van der Waals surface area (Å²) in [6, 6.07) is 15.4. The Morgan fingerprint density at radius 3 is 2.26 bits per heavy atom. The lowest BCUT2D eigenvalue weighted by molar-refractivity contribution is 0.0218. The van der Waals surface area contributed by atoms with Crippen molar-refractivity contribution in [3.8, 4) is 22.4 Å². The summed E-state index contributed by atoms with van der Waals surface area (Å²) >= 11 is 0. The summed E-state index contributed by atoms with van der Waals surface area (Å²) in [5.41, 5.74) is 3.89. The van der Waals surface area contributed by atoms with Crippen LogP contribution in [0.2, 0.25) is 0 Å². The molecule has 5 rings (SSSR count). The van der Waals surface area contributed by atoms with Crippen molar-refractivity contribution in [3.63, 3.8) is 0 Å². The fraction of sp³-hybridized carbons (Fsp3) is 0.433. The molecule has 8 nitrogen and oxygen atoms in total. The van der Waals surface area contributed by atoms with Gasteiger partial charge >= 0.3 is 6.09 Å². The summed E-state index contributed by atoms with van der Waals surface area (Å²) in [5.74, 6) is 0.617. The number of rotatable bonds is 5. The summed E-state index contributed by atoms with van der Waals surface area (Å²) < 4.78 is 5.59. The van der Waals surface area contributed by atoms with Crippen molar-refractivity contribution in [2.45, 2.75) is 76.7 Å². The van der Waals surface area contributed by atoms with E-state index in [-0.39, 0.29) is 24.1 Å². The number of likely N-dealkylation sites (tertiary alicyclic amines) is 1. The Hall–Kier alpha value is -3.65. The molecule has 3 atom stereocenters. The van der Waals surface area contributed by atoms with Crippen LogP contribution < -0.4 is 5.32 Å². The van der Waals surface area contributed by atoms with Gasteiger partial charge in [0, 0.05) is 23.9 Å². The van der Waals surface area contributed by atoms with Gasteiger partial charge in [0.2, 0.25) is 0 Å². The summed E-state index contributed by atoms with van der Waals surface area (Å²) in [6.07, 6.45) is 5.38. The second-order valence-electron chi connectivity index (χ2n) is 11.2. The molecule has 0 spiro atoms. The zero-order chi connectivity index (χ0) is 26.9. The quantitative estimate of drug-likeness (QED) is 0.417. The monoisotopic (exact) mass is 516 g/mol. The molecule has 2 fully saturated rings. The van der Waals surface area contributed by atoms with Crippen LogP contribution in [0.1, 0.15) is 75.1 Å². The van der Waals surface area contributed by atoms with Crippen molar-refractivity contribution in [2.75, 3.05) is 6.54 Å². The minimum absolute atomic E-state index is 0.120. The second kappa shape index (κ2) is 10.6. The van der Waals surface area contributed by atoms with E-state index in [0.29, 0.717) is 12.1 Å². The summed E-state index contributed by atoms with van der Waals surface area (Å²) in [6.45, 7) is 6.28. The van der Waals surface area contributed by atoms with Gasteiger partial charge in [-0.2, -0.15) is 0 Å². The topological polar surface area (TPSA) is 108 Å². The molecule has 3 N–H and O–H groups in total. The SMILES string of the molecule is CC(C)(C)OC(=O)N1CCC[C@H]1c1nc(-c2ccc(-c3ccc(C(=O)N[C@@H]4CCC[C@H]4O)cc3)cc2)c[nH]1. The van der Waals surface area contributed by atoms with Crippen LogP contribution in [0.15, 0.2) is 54.7 Å². The highest BCUT2D eigenvalue weighted by Crippen LogP contribution is 2.33. The number of amides is 2. The first kappa shape index (κ1) is 26.0. The van der Waals surface area contributed by atoms with E-state index in [4.69, 9.17) is 9.72 Å². The molecule has 1 aliphatic carbocycles. The smallest absolute Gasteiger partial charge is 0.410 e. The fourth-order valence-electron chi connectivity index (χ4n) is 5.25. The van der Waals surface area contributed by atoms with Crippen LogP contribution >= 0.6 is 0 Å². The maximum absolute atomic E-state index is 12.7. The number of aliphatic hydroxyl groups excluding tert-OH is 1. The third-order valence-corrected chi connectivity index (χ3v) is 7.25. The molecule has 1 aromatic heterocycles. The van der Waals surface area contributed by atoms with Gasteiger partial charge in [0.15, 0.2) is 0 Å². The Morgan fingerprint density at radius 1 is 0.974 bits per heavy atom. The van der Waals surface area contributed by atoms with Gasteiger partial charge in [-0.15, -0.1) is 0 Å². The number of hydrogen-bond donors (Lipinski definition) is 3. The Kier molecular flexibility index (Phi) is 7.25. The normalized spacial score (nSPS) is 21.5. The molecular formula is C30H36N4O4. The zero-order valence-electron chi connectivity index (χ0n) is 22.2. The van der Waals surface area contributed by atoms with Gasteiger partial charge < -0.3 is 20.1 Å². The number of nitrogens with one attached hydrogen (secondary N) is 2. The van der Waals surface area contributed by atoms with E-state index < -0.39 is 11.7 Å². The van der Waals surface area contributed by atoms with Crippen LogP contribution in [0.4, 0.5) is 4.79 Å². The number of H-pyrrole nitrogens is 1. The molecule has 8 heteroatoms. The van der Waals surface area contributed by atoms with Gasteiger partial charge in [0.25, 0.3) is 5.91 Å². The lowest BCUT2D eigenvalue weighted by Gasteiger charge is -2.27. The van der Waals surface area contributed by atoms with Crippen LogP contribution in [0.5, 0.6) is 0 Å². The molecule has 0 bridgehead atoms. The minimum Gasteiger partial charge on any atom is -0.444 e. The van der Waals surface area contributed by atoms with E-state index in [0.717, 1.165) is 60.3 Å². The predicted molar refractivity (Wildman–Crippen MR) is 145 cm³/mol. The largest absolute Gasteiger partial charge is 0.444 e. The predicted octanol–water partition coefficient (Wildman–Crippen LogP) is 5.46. The van der Waals surface area contributed by atoms with Crippen LogP contribution in [0, 0.1) is 0 Å². The number of aromatic amines is 1. The van der Waals surface area contributed by atoms with Crippen LogP contribution in [0.25, 0.3) is 22.4 Å². The molecule has 0 unspecified atom stereocenters. The van der Waals surface area contributed by atoms with Crippen molar-refractivity contribution in [1.82, 2.24) is 20.2 Å². The van der Waals surface area contributed by atoms with E-state index in [1.165, 1.54) is 0 Å². The van der Waals surface area contributed by atoms with Crippen molar-refractivity contribution < 1.29 is 19.4 Å². The number of aliphatic hydroxyl groups is 1. The number of ether oxygens (including phenoxy) is 1. The first-order valence-electron chi connectivity index (χ1n) is 13.4. The van der Waals surface area contributed by atoms with Crippen molar-refractivity contribution in [1.29, 1.82) is 0 Å². The zero-order valence-corrected chi connectivity index (χ0v) is 22.2. The summed E-state index contributed by atoms with van der Waals surface area (Å²) in [7, 11) is 0. The maximum atomic E-state index is 12.7. The molecule has 2 aromatic carbocycles. The Balaban J connectivity index is 1.24. The van der Waals surface area contributed by atoms with Crippen LogP contribution in [-0.2, 0) is 4.74 Å². The third-order valence-electron chi connectivity index (χ3n) is 7.25. The molecular weight excluding hydrogens is 480 g/mol. The number of carbonyl (C=O) groups is 2. The van der Waals surface area contributed by atoms with E-state index in [1.54, 1.807) is 4.90 Å². The van der Waals surface area contributed by atoms with Crippen molar-refractivity contribution >= 4 is 12.0 Å². The number of imidazole rings is 1. The van der Waals surface area contributed by atoms with Crippen LogP contribution in [-0.4, -0.2) is 56.3 Å². The third kappa shape index (κ3) is 5.75. The Morgan fingerprint density at radius 2 is 1.63 bits per heavy atom. The van der Waals surface area contributed by atoms with Gasteiger partial charge in [-0.05, 0) is 76.1 Å². The average Bonchev–Trinajstić information content (AvgIpc) is 3.65. The lowest BCUT2D eigenvalue weighted by Crippen LogP contribution is -2.39. The summed E-state index contributed by atoms with van der Waals surface area (Å²) in [4.78, 5) is 35.1. The molecule has 1 saturated carbocycles. The molecule has 38 heavy (non-hydrogen) atoms. The molecule has 1 saturated heterocycles. The number of carbonyl (C=O) groups excluding carboxylic acids is 2. The average molecular weight is 517 g/mol. The fourth-order valence-corrected chi connectivity index (χ4v) is 5.25. The van der Waals surface area contributed by atoms with Gasteiger partial charge in [-0.3, -0.25) is 9.69 Å². The van der Waals surface area contributed by atoms with Gasteiger partial charge in [-0.1, -0.05) is 36.4 Å². The maximum Gasteiger partial charge on any atom is 0.410 e. The molecule has 3 aromatic rings. The first-order valence-corrected chi connectivity index (χ1v) is 13.4. The van der Waals surface area contributed by atoms with E-state index in [1.807, 2.05) is 75.5 Å². The van der Waals surface area contributed by atoms with Gasteiger partial charge in [0.1, 0.15) is 11.4 Å². The minimum atomic E-state index is -0.536. The Labute approximate surface area is 223 Å². The molecule has 0 radical (unpaired) electrons. The highest BCUT2D eigenvalue weighted by atomic mass is 16.6. The standard InChI is InChI=1S/C30H36N4O4/c1-30(2,3)38-29(37)34-17-5-7-25(34)27-31-18-24(32-27)21-13-9-19(10-14-21)20-11-15-22(16-12-20)28(36)33-23-6-4-8-26(23)35/h9-16,18,23,25-26,35H,4-8,17H2,1-3H3,(H,31,32)(H,33,36)/t23-,25+,26-/m1/s1. The van der Waals surface area contributed by atoms with E-state index >= 15 is 0 Å².